The molecule has 1 aromatic rings. The normalized spacial score (nSPS) is 22.5. The second kappa shape index (κ2) is 6.82. The minimum Gasteiger partial charge on any atom is -0.445 e. The first kappa shape index (κ1) is 15.5. The molecule has 4 rings (SSSR count). The number of hydrogen-bond donors (Lipinski definition) is 0. The zero-order valence-corrected chi connectivity index (χ0v) is 13.3. The Morgan fingerprint density at radius 2 is 2.00 bits per heavy atom. The van der Waals surface area contributed by atoms with E-state index in [9.17, 15) is 9.59 Å². The molecule has 23 heavy (non-hydrogen) atoms. The van der Waals surface area contributed by atoms with Crippen LogP contribution in [0.5, 0.6) is 0 Å². The number of carbonyl (C=O) groups excluding carboxylic acids is 2. The molecule has 2 atom stereocenters. The van der Waals surface area contributed by atoms with Crippen molar-refractivity contribution in [3.63, 3.8) is 0 Å². The molecule has 0 saturated carbocycles. The first-order valence-electron chi connectivity index (χ1n) is 8.08. The molecule has 0 spiro atoms. The second-order valence-electron chi connectivity index (χ2n) is 5.92. The summed E-state index contributed by atoms with van der Waals surface area (Å²) in [6.07, 6.45) is 6.92. The van der Waals surface area contributed by atoms with Gasteiger partial charge in [-0.3, -0.25) is 4.79 Å². The minimum absolute atomic E-state index is 0.00882. The van der Waals surface area contributed by atoms with E-state index in [1.54, 1.807) is 4.90 Å². The fraction of sp³-hybridized carbons (Fsp3) is 0.368. The number of carbonyl (C=O) groups is 2. The van der Waals surface area contributed by atoms with E-state index in [1.807, 2.05) is 49.4 Å². The number of Topliss-reactive ketones (excluding diaryl/α,β-unsaturated/α-hetero) is 1. The summed E-state index contributed by atoms with van der Waals surface area (Å²) in [4.78, 5) is 26.2. The fourth-order valence-corrected chi connectivity index (χ4v) is 3.12. The Morgan fingerprint density at radius 1 is 1.22 bits per heavy atom. The Kier molecular flexibility index (Phi) is 4.60. The van der Waals surface area contributed by atoms with Crippen LogP contribution in [0.1, 0.15) is 25.3 Å². The number of ketones is 1. The molecule has 0 saturated heterocycles. The lowest BCUT2D eigenvalue weighted by atomic mass is 9.93. The highest BCUT2D eigenvalue weighted by Crippen LogP contribution is 2.30. The van der Waals surface area contributed by atoms with Crippen LogP contribution in [0.25, 0.3) is 0 Å². The van der Waals surface area contributed by atoms with Crippen molar-refractivity contribution in [2.75, 3.05) is 6.54 Å². The van der Waals surface area contributed by atoms with Gasteiger partial charge >= 0.3 is 6.09 Å². The summed E-state index contributed by atoms with van der Waals surface area (Å²) >= 11 is 0. The van der Waals surface area contributed by atoms with E-state index in [0.29, 0.717) is 19.4 Å². The van der Waals surface area contributed by atoms with Crippen molar-refractivity contribution < 1.29 is 14.3 Å². The molecule has 1 aromatic carbocycles. The highest BCUT2D eigenvalue weighted by molar-refractivity contribution is 5.96. The average molecular weight is 311 g/mol. The van der Waals surface area contributed by atoms with Gasteiger partial charge < -0.3 is 9.64 Å². The predicted molar refractivity (Wildman–Crippen MR) is 87.7 cm³/mol. The molecule has 1 aliphatic carbocycles. The van der Waals surface area contributed by atoms with E-state index in [0.717, 1.165) is 11.1 Å². The van der Waals surface area contributed by atoms with Crippen molar-refractivity contribution in [1.29, 1.82) is 0 Å². The first-order chi connectivity index (χ1) is 11.2. The summed E-state index contributed by atoms with van der Waals surface area (Å²) < 4.78 is 5.44. The molecule has 2 aliphatic heterocycles. The fourth-order valence-electron chi connectivity index (χ4n) is 3.12. The molecule has 2 heterocycles. The monoisotopic (exact) mass is 311 g/mol. The van der Waals surface area contributed by atoms with Gasteiger partial charge in [0.1, 0.15) is 6.61 Å². The van der Waals surface area contributed by atoms with Gasteiger partial charge in [-0.2, -0.15) is 0 Å². The van der Waals surface area contributed by atoms with Crippen LogP contribution in [0.4, 0.5) is 4.79 Å². The zero-order chi connectivity index (χ0) is 16.2. The smallest absolute Gasteiger partial charge is 0.410 e. The van der Waals surface area contributed by atoms with Crippen LogP contribution in [0.15, 0.2) is 54.1 Å². The standard InChI is InChI=1S/C19H21NO3/c1-2-18(21)17-11-10-16-9-8-15(17)12-20(16)19(22)23-13-14-6-4-3-5-7-14/h3-9,11,15-16H,2,10,12-13H2,1H3/t15-,16-/m0/s1. The number of fused-ring (bicyclic) bond motifs is 2. The van der Waals surface area contributed by atoms with Gasteiger partial charge in [-0.25, -0.2) is 4.79 Å². The molecular formula is C19H21NO3. The number of ether oxygens (including phenoxy) is 1. The number of benzene rings is 1. The summed E-state index contributed by atoms with van der Waals surface area (Å²) in [6, 6.07) is 9.63. The third-order valence-electron chi connectivity index (χ3n) is 4.42. The summed E-state index contributed by atoms with van der Waals surface area (Å²) in [6.45, 7) is 2.66. The molecule has 2 bridgehead atoms. The highest BCUT2D eigenvalue weighted by Gasteiger charge is 2.34. The van der Waals surface area contributed by atoms with Gasteiger partial charge in [-0.05, 0) is 17.6 Å². The lowest BCUT2D eigenvalue weighted by Gasteiger charge is -2.32. The van der Waals surface area contributed by atoms with Gasteiger partial charge in [-0.15, -0.1) is 0 Å². The summed E-state index contributed by atoms with van der Waals surface area (Å²) in [5.74, 6) is 0.158. The Morgan fingerprint density at radius 3 is 2.74 bits per heavy atom. The Balaban J connectivity index is 1.65. The van der Waals surface area contributed by atoms with Crippen LogP contribution in [0, 0.1) is 5.92 Å². The third kappa shape index (κ3) is 3.36. The summed E-state index contributed by atoms with van der Waals surface area (Å²) in [5, 5.41) is 0. The van der Waals surface area contributed by atoms with E-state index in [1.165, 1.54) is 0 Å². The quantitative estimate of drug-likeness (QED) is 0.800. The number of nitrogens with zero attached hydrogens (tertiary/aromatic N) is 1. The molecule has 0 N–H and O–H groups in total. The average Bonchev–Trinajstić information content (AvgIpc) is 2.92. The highest BCUT2D eigenvalue weighted by atomic mass is 16.6. The van der Waals surface area contributed by atoms with Crippen molar-refractivity contribution in [2.24, 2.45) is 5.92 Å². The molecule has 0 unspecified atom stereocenters. The van der Waals surface area contributed by atoms with Crippen molar-refractivity contribution in [3.05, 3.63) is 59.7 Å². The maximum absolute atomic E-state index is 12.4. The largest absolute Gasteiger partial charge is 0.445 e. The maximum Gasteiger partial charge on any atom is 0.410 e. The second-order valence-corrected chi connectivity index (χ2v) is 5.92. The van der Waals surface area contributed by atoms with Crippen molar-refractivity contribution >= 4 is 11.9 Å². The van der Waals surface area contributed by atoms with E-state index in [-0.39, 0.29) is 30.4 Å². The van der Waals surface area contributed by atoms with Crippen LogP contribution in [0.2, 0.25) is 0 Å². The van der Waals surface area contributed by atoms with E-state index < -0.39 is 0 Å². The molecule has 4 nitrogen and oxygen atoms in total. The lowest BCUT2D eigenvalue weighted by Crippen LogP contribution is -2.43. The molecule has 0 aromatic heterocycles. The molecule has 4 heteroatoms. The lowest BCUT2D eigenvalue weighted by molar-refractivity contribution is -0.115. The zero-order valence-electron chi connectivity index (χ0n) is 13.3. The summed E-state index contributed by atoms with van der Waals surface area (Å²) in [5.41, 5.74) is 1.81. The molecule has 0 fully saturated rings. The van der Waals surface area contributed by atoms with Crippen LogP contribution in [0.3, 0.4) is 0 Å². The Hall–Kier alpha value is -2.36. The van der Waals surface area contributed by atoms with Gasteiger partial charge in [0.25, 0.3) is 0 Å². The van der Waals surface area contributed by atoms with Crippen LogP contribution >= 0.6 is 0 Å². The molecule has 1 amide bonds. The van der Waals surface area contributed by atoms with Gasteiger partial charge in [0, 0.05) is 18.9 Å². The van der Waals surface area contributed by atoms with Gasteiger partial charge in [-0.1, -0.05) is 55.5 Å². The number of amides is 1. The number of hydrogen-bond acceptors (Lipinski definition) is 3. The molecule has 120 valence electrons. The molecule has 3 aliphatic rings. The maximum atomic E-state index is 12.4. The molecule has 0 radical (unpaired) electrons. The van der Waals surface area contributed by atoms with Crippen LogP contribution in [-0.4, -0.2) is 29.4 Å². The SMILES string of the molecule is CCC(=O)C1=CC[C@@H]2C=C[C@H]1CN2C(=O)OCc1ccccc1. The van der Waals surface area contributed by atoms with Crippen molar-refractivity contribution in [1.82, 2.24) is 4.90 Å². The topological polar surface area (TPSA) is 46.6 Å². The van der Waals surface area contributed by atoms with E-state index in [4.69, 9.17) is 4.74 Å². The van der Waals surface area contributed by atoms with Crippen molar-refractivity contribution in [3.8, 4) is 0 Å². The van der Waals surface area contributed by atoms with Crippen molar-refractivity contribution in [2.45, 2.75) is 32.4 Å². The summed E-state index contributed by atoms with van der Waals surface area (Å²) in [7, 11) is 0. The minimum atomic E-state index is -0.313. The first-order valence-corrected chi connectivity index (χ1v) is 8.08. The number of rotatable bonds is 4. The van der Waals surface area contributed by atoms with Crippen LogP contribution < -0.4 is 0 Å². The third-order valence-corrected chi connectivity index (χ3v) is 4.42. The van der Waals surface area contributed by atoms with Gasteiger partial charge in [0.2, 0.25) is 0 Å². The molecular weight excluding hydrogens is 290 g/mol. The predicted octanol–water partition coefficient (Wildman–Crippen LogP) is 3.49. The Bertz CT molecular complexity index is 648. The van der Waals surface area contributed by atoms with Gasteiger partial charge in [0.05, 0.1) is 6.04 Å². The Labute approximate surface area is 136 Å². The van der Waals surface area contributed by atoms with E-state index >= 15 is 0 Å². The van der Waals surface area contributed by atoms with Crippen LogP contribution in [-0.2, 0) is 16.1 Å². The van der Waals surface area contributed by atoms with E-state index in [2.05, 4.69) is 6.08 Å². The van der Waals surface area contributed by atoms with Gasteiger partial charge in [0.15, 0.2) is 5.78 Å².